The zero-order valence-electron chi connectivity index (χ0n) is 6.06. The minimum absolute atomic E-state index is 0.00380. The van der Waals surface area contributed by atoms with Gasteiger partial charge in [-0.25, -0.2) is 9.48 Å². The predicted molar refractivity (Wildman–Crippen MR) is 38.1 cm³/mol. The molecule has 0 saturated carbocycles. The first-order valence-electron chi connectivity index (χ1n) is 3.10. The van der Waals surface area contributed by atoms with Crippen LogP contribution in [0, 0.1) is 11.3 Å². The molecule has 0 atom stereocenters. The Labute approximate surface area is 67.8 Å². The van der Waals surface area contributed by atoms with Crippen molar-refractivity contribution >= 4 is 5.97 Å². The third kappa shape index (κ3) is 1.13. The molecule has 6 heteroatoms. The summed E-state index contributed by atoms with van der Waals surface area (Å²) in [5.74, 6) is -1.17. The number of carboxylic acid groups (broad SMARTS) is 1. The van der Waals surface area contributed by atoms with Crippen molar-refractivity contribution < 1.29 is 9.90 Å². The van der Waals surface area contributed by atoms with Crippen LogP contribution in [0.15, 0.2) is 6.20 Å². The van der Waals surface area contributed by atoms with Gasteiger partial charge in [-0.3, -0.25) is 0 Å². The van der Waals surface area contributed by atoms with Gasteiger partial charge in [0, 0.05) is 0 Å². The van der Waals surface area contributed by atoms with Gasteiger partial charge in [0.25, 0.3) is 0 Å². The molecule has 0 fully saturated rings. The number of carbonyl (C=O) groups is 1. The van der Waals surface area contributed by atoms with E-state index >= 15 is 0 Å². The van der Waals surface area contributed by atoms with E-state index < -0.39 is 5.97 Å². The molecule has 0 aliphatic rings. The number of aromatic nitrogens is 2. The van der Waals surface area contributed by atoms with Gasteiger partial charge < -0.3 is 10.8 Å². The Kier molecular flexibility index (Phi) is 2.07. The maximum Gasteiger partial charge on any atom is 0.340 e. The highest BCUT2D eigenvalue weighted by atomic mass is 16.4. The van der Waals surface area contributed by atoms with Crippen molar-refractivity contribution in [2.24, 2.45) is 5.73 Å². The average molecular weight is 166 g/mol. The van der Waals surface area contributed by atoms with E-state index in [4.69, 9.17) is 16.1 Å². The minimum Gasteiger partial charge on any atom is -0.478 e. The second kappa shape index (κ2) is 3.02. The van der Waals surface area contributed by atoms with Crippen LogP contribution in [0.5, 0.6) is 0 Å². The molecule has 0 aromatic carbocycles. The van der Waals surface area contributed by atoms with Gasteiger partial charge >= 0.3 is 5.97 Å². The summed E-state index contributed by atoms with van der Waals surface area (Å²) in [5, 5.41) is 20.7. The maximum atomic E-state index is 10.5. The highest BCUT2D eigenvalue weighted by Gasteiger charge is 2.14. The topological polar surface area (TPSA) is 105 Å². The van der Waals surface area contributed by atoms with E-state index in [1.54, 1.807) is 6.07 Å². The molecule has 62 valence electrons. The van der Waals surface area contributed by atoms with E-state index in [9.17, 15) is 4.79 Å². The molecule has 0 saturated heterocycles. The fraction of sp³-hybridized carbons (Fsp3) is 0.167. The summed E-state index contributed by atoms with van der Waals surface area (Å²) >= 11 is 0. The number of carboxylic acids is 1. The average Bonchev–Trinajstić information content (AvgIpc) is 2.46. The first-order valence-corrected chi connectivity index (χ1v) is 3.10. The Morgan fingerprint density at radius 2 is 2.58 bits per heavy atom. The van der Waals surface area contributed by atoms with Crippen LogP contribution in [-0.4, -0.2) is 20.9 Å². The molecule has 6 nitrogen and oxygen atoms in total. The lowest BCUT2D eigenvalue weighted by molar-refractivity contribution is 0.0696. The van der Waals surface area contributed by atoms with Crippen molar-refractivity contribution in [1.29, 1.82) is 5.26 Å². The van der Waals surface area contributed by atoms with Gasteiger partial charge in [0.05, 0.1) is 12.9 Å². The highest BCUT2D eigenvalue weighted by Crippen LogP contribution is 2.05. The number of aromatic carboxylic acids is 1. The Morgan fingerprint density at radius 3 is 3.00 bits per heavy atom. The molecule has 0 aliphatic heterocycles. The highest BCUT2D eigenvalue weighted by molar-refractivity contribution is 5.89. The lowest BCUT2D eigenvalue weighted by atomic mass is 10.3. The lowest BCUT2D eigenvalue weighted by Crippen LogP contribution is -2.11. The van der Waals surface area contributed by atoms with Gasteiger partial charge in [0.2, 0.25) is 0 Å². The molecule has 1 aromatic rings. The minimum atomic E-state index is -1.17. The SMILES string of the molecule is N#Cc1c(C(=O)O)cnn1CN. The summed E-state index contributed by atoms with van der Waals surface area (Å²) < 4.78 is 1.13. The predicted octanol–water partition coefficient (Wildman–Crippen LogP) is -0.631. The fourth-order valence-corrected chi connectivity index (χ4v) is 0.798. The lowest BCUT2D eigenvalue weighted by Gasteiger charge is -1.95. The smallest absolute Gasteiger partial charge is 0.340 e. The fourth-order valence-electron chi connectivity index (χ4n) is 0.798. The summed E-state index contributed by atoms with van der Waals surface area (Å²) in [6.07, 6.45) is 1.10. The molecular weight excluding hydrogens is 160 g/mol. The van der Waals surface area contributed by atoms with Crippen LogP contribution < -0.4 is 5.73 Å². The van der Waals surface area contributed by atoms with Crippen LogP contribution >= 0.6 is 0 Å². The van der Waals surface area contributed by atoms with Crippen molar-refractivity contribution in [3.8, 4) is 6.07 Å². The summed E-state index contributed by atoms with van der Waals surface area (Å²) in [6.45, 7) is -0.00380. The van der Waals surface area contributed by atoms with Crippen LogP contribution in [0.1, 0.15) is 16.1 Å². The second-order valence-corrected chi connectivity index (χ2v) is 2.01. The standard InChI is InChI=1S/C6H6N4O2/c7-1-5-4(6(11)12)2-9-10(5)3-8/h2H,3,8H2,(H,11,12). The summed E-state index contributed by atoms with van der Waals surface area (Å²) in [5.41, 5.74) is 5.05. The molecule has 0 radical (unpaired) electrons. The number of nitrogens with two attached hydrogens (primary N) is 1. The molecule has 0 amide bonds. The van der Waals surface area contributed by atoms with Gasteiger partial charge in [-0.05, 0) is 0 Å². The molecular formula is C6H6N4O2. The van der Waals surface area contributed by atoms with Crippen LogP contribution in [0.4, 0.5) is 0 Å². The Bertz CT molecular complexity index is 349. The second-order valence-electron chi connectivity index (χ2n) is 2.01. The van der Waals surface area contributed by atoms with Crippen molar-refractivity contribution in [3.05, 3.63) is 17.5 Å². The van der Waals surface area contributed by atoms with Gasteiger partial charge in [-0.2, -0.15) is 10.4 Å². The number of hydrogen-bond donors (Lipinski definition) is 2. The number of hydrogen-bond acceptors (Lipinski definition) is 4. The van der Waals surface area contributed by atoms with Gasteiger partial charge in [-0.1, -0.05) is 0 Å². The summed E-state index contributed by atoms with van der Waals surface area (Å²) in [6, 6.07) is 1.72. The molecule has 0 aliphatic carbocycles. The van der Waals surface area contributed by atoms with Crippen molar-refractivity contribution in [2.45, 2.75) is 6.67 Å². The normalized spacial score (nSPS) is 9.33. The van der Waals surface area contributed by atoms with Crippen molar-refractivity contribution in [1.82, 2.24) is 9.78 Å². The number of rotatable bonds is 2. The third-order valence-corrected chi connectivity index (χ3v) is 1.35. The van der Waals surface area contributed by atoms with E-state index in [0.717, 1.165) is 10.9 Å². The van der Waals surface area contributed by atoms with Crippen LogP contribution in [0.25, 0.3) is 0 Å². The Hall–Kier alpha value is -1.87. The van der Waals surface area contributed by atoms with Crippen LogP contribution in [0.2, 0.25) is 0 Å². The quantitative estimate of drug-likeness (QED) is 0.608. The van der Waals surface area contributed by atoms with Gasteiger partial charge in [-0.15, -0.1) is 0 Å². The number of nitrogens with zero attached hydrogens (tertiary/aromatic N) is 3. The van der Waals surface area contributed by atoms with E-state index in [1.165, 1.54) is 0 Å². The largest absolute Gasteiger partial charge is 0.478 e. The van der Waals surface area contributed by atoms with E-state index in [0.29, 0.717) is 0 Å². The third-order valence-electron chi connectivity index (χ3n) is 1.35. The molecule has 1 aromatic heterocycles. The summed E-state index contributed by atoms with van der Waals surface area (Å²) in [4.78, 5) is 10.5. The molecule has 1 rings (SSSR count). The molecule has 3 N–H and O–H groups in total. The number of nitriles is 1. The zero-order valence-corrected chi connectivity index (χ0v) is 6.06. The first-order chi connectivity index (χ1) is 5.70. The van der Waals surface area contributed by atoms with E-state index in [1.807, 2.05) is 0 Å². The zero-order chi connectivity index (χ0) is 9.14. The molecule has 1 heterocycles. The monoisotopic (exact) mass is 166 g/mol. The van der Waals surface area contributed by atoms with Crippen LogP contribution in [-0.2, 0) is 6.67 Å². The molecule has 0 unspecified atom stereocenters. The Morgan fingerprint density at radius 1 is 1.92 bits per heavy atom. The van der Waals surface area contributed by atoms with Gasteiger partial charge in [0.1, 0.15) is 11.6 Å². The van der Waals surface area contributed by atoms with Crippen molar-refractivity contribution in [2.75, 3.05) is 0 Å². The first kappa shape index (κ1) is 8.23. The molecule has 12 heavy (non-hydrogen) atoms. The van der Waals surface area contributed by atoms with E-state index in [-0.39, 0.29) is 17.9 Å². The summed E-state index contributed by atoms with van der Waals surface area (Å²) in [7, 11) is 0. The molecule has 0 spiro atoms. The van der Waals surface area contributed by atoms with E-state index in [2.05, 4.69) is 5.10 Å². The van der Waals surface area contributed by atoms with Crippen molar-refractivity contribution in [3.63, 3.8) is 0 Å². The molecule has 0 bridgehead atoms. The maximum absolute atomic E-state index is 10.5. The van der Waals surface area contributed by atoms with Crippen LogP contribution in [0.3, 0.4) is 0 Å². The van der Waals surface area contributed by atoms with Gasteiger partial charge in [0.15, 0.2) is 5.69 Å². The Balaban J connectivity index is 3.25.